The number of aromatic nitrogens is 1. The SMILES string of the molecule is COC(=O)NC1=C2C#C/C=C\C#C[C@H](OC3OC(C)C(C(=O)c4cccc5c4[nH]c4ccc(O)cc45)CC3OC3CC(OC)C(NC(C)C)CO3)C2/C(=C\CSC(C)=O)[C@@H](O)CC1=O. The van der Waals surface area contributed by atoms with Gasteiger partial charge in [0.25, 0.3) is 0 Å². The number of alkyl carbamates (subject to hydrolysis) is 1. The summed E-state index contributed by atoms with van der Waals surface area (Å²) in [6.07, 6.45) is -2.78. The Bertz CT molecular complexity index is 2510. The van der Waals surface area contributed by atoms with E-state index in [-0.39, 0.29) is 64.9 Å². The first-order valence-electron chi connectivity index (χ1n) is 21.2. The number of aliphatic hydroxyl groups excluding tert-OH is 1. The molecule has 5 N–H and O–H groups in total. The Morgan fingerprint density at radius 1 is 1.06 bits per heavy atom. The number of carbonyl (C=O) groups is 4. The van der Waals surface area contributed by atoms with Crippen molar-refractivity contribution in [2.75, 3.05) is 26.6 Å². The number of allylic oxidation sites excluding steroid dienone is 3. The van der Waals surface area contributed by atoms with Crippen LogP contribution in [0, 0.1) is 35.5 Å². The third-order valence-electron chi connectivity index (χ3n) is 11.7. The Hall–Kier alpha value is -5.27. The van der Waals surface area contributed by atoms with Crippen molar-refractivity contribution in [3.05, 3.63) is 77.0 Å². The molecule has 10 atom stereocenters. The quantitative estimate of drug-likeness (QED) is 0.0902. The zero-order chi connectivity index (χ0) is 45.7. The molecule has 2 saturated heterocycles. The van der Waals surface area contributed by atoms with E-state index >= 15 is 0 Å². The molecule has 0 saturated carbocycles. The van der Waals surface area contributed by atoms with Crippen molar-refractivity contribution in [1.29, 1.82) is 0 Å². The van der Waals surface area contributed by atoms with Crippen LogP contribution < -0.4 is 10.6 Å². The highest BCUT2D eigenvalue weighted by atomic mass is 32.2. The van der Waals surface area contributed by atoms with E-state index < -0.39 is 67.1 Å². The number of benzene rings is 2. The summed E-state index contributed by atoms with van der Waals surface area (Å²) < 4.78 is 37.4. The standard InChI is InChI=1S/C48H53N3O12S/c1-25(2)49-36-24-60-42(23-40(36)58-5)62-41-21-33(46(56)32-14-11-13-29-34-20-28(53)16-17-35(34)50-44(29)32)26(3)61-47(41)63-39-15-10-8-7-9-12-31-43(39)30(18-19-64-27(4)52)37(54)22-38(55)45(31)51-48(57)59-6/h7-8,11,13-14,16-18,20,25-26,33,36-37,39-43,47,49-50,53-54H,19,21-24H2,1-6H3,(H,51,57)/b8-7-,30-18-/t26?,33?,36?,37-,39-,40?,41?,42?,43?,47?/m0/s1. The number of Topliss-reactive ketones (excluding diaryl/α,β-unsaturated/α-hetero) is 2. The molecule has 0 spiro atoms. The predicted molar refractivity (Wildman–Crippen MR) is 239 cm³/mol. The van der Waals surface area contributed by atoms with Crippen LogP contribution in [0.2, 0.25) is 0 Å². The van der Waals surface area contributed by atoms with E-state index in [1.807, 2.05) is 19.9 Å². The van der Waals surface area contributed by atoms with Crippen LogP contribution in [0.15, 0.2) is 71.5 Å². The van der Waals surface area contributed by atoms with Gasteiger partial charge in [-0.15, -0.1) is 0 Å². The van der Waals surface area contributed by atoms with Crippen molar-refractivity contribution in [3.8, 4) is 29.4 Å². The zero-order valence-corrected chi connectivity index (χ0v) is 37.3. The average Bonchev–Trinajstić information content (AvgIpc) is 3.63. The number of phenols is 1. The maximum absolute atomic E-state index is 14.8. The highest BCUT2D eigenvalue weighted by molar-refractivity contribution is 8.13. The third-order valence-corrected chi connectivity index (χ3v) is 12.4. The topological polar surface area (TPSA) is 204 Å². The van der Waals surface area contributed by atoms with Gasteiger partial charge in [0.1, 0.15) is 18.0 Å². The third kappa shape index (κ3) is 10.5. The van der Waals surface area contributed by atoms with Gasteiger partial charge in [0.15, 0.2) is 29.3 Å². The molecule has 1 aromatic heterocycles. The number of aromatic amines is 1. The first-order valence-corrected chi connectivity index (χ1v) is 22.2. The molecular weight excluding hydrogens is 843 g/mol. The molecule has 3 heterocycles. The van der Waals surface area contributed by atoms with Gasteiger partial charge >= 0.3 is 6.09 Å². The summed E-state index contributed by atoms with van der Waals surface area (Å²) in [7, 11) is 2.79. The molecule has 0 bridgehead atoms. The molecule has 2 aromatic carbocycles. The highest BCUT2D eigenvalue weighted by Gasteiger charge is 2.47. The minimum atomic E-state index is -1.38. The number of ketones is 2. The lowest BCUT2D eigenvalue weighted by atomic mass is 9.83. The molecule has 2 fully saturated rings. The summed E-state index contributed by atoms with van der Waals surface area (Å²) in [6.45, 7) is 7.56. The lowest BCUT2D eigenvalue weighted by Crippen LogP contribution is -2.55. The van der Waals surface area contributed by atoms with Crippen LogP contribution in [-0.2, 0) is 38.0 Å². The van der Waals surface area contributed by atoms with Crippen molar-refractivity contribution < 1.29 is 57.8 Å². The predicted octanol–water partition coefficient (Wildman–Crippen LogP) is 5.20. The second kappa shape index (κ2) is 20.7. The molecule has 4 aliphatic rings. The fourth-order valence-electron chi connectivity index (χ4n) is 8.72. The first-order chi connectivity index (χ1) is 30.8. The number of methoxy groups -OCH3 is 2. The van der Waals surface area contributed by atoms with Gasteiger partial charge in [0, 0.05) is 66.1 Å². The molecule has 1 amide bonds. The Kier molecular flexibility index (Phi) is 15.1. The van der Waals surface area contributed by atoms with Crippen LogP contribution >= 0.6 is 11.8 Å². The average molecular weight is 896 g/mol. The Labute approximate surface area is 375 Å². The van der Waals surface area contributed by atoms with E-state index in [0.717, 1.165) is 35.2 Å². The molecule has 16 heteroatoms. The molecule has 15 nitrogen and oxygen atoms in total. The summed E-state index contributed by atoms with van der Waals surface area (Å²) in [5.41, 5.74) is 2.02. The number of fused-ring (bicyclic) bond motifs is 4. The molecule has 3 aromatic rings. The van der Waals surface area contributed by atoms with Crippen molar-refractivity contribution in [2.24, 2.45) is 11.8 Å². The van der Waals surface area contributed by atoms with Gasteiger partial charge in [-0.05, 0) is 55.3 Å². The van der Waals surface area contributed by atoms with E-state index in [0.29, 0.717) is 23.1 Å². The zero-order valence-electron chi connectivity index (χ0n) is 36.5. The van der Waals surface area contributed by atoms with Crippen molar-refractivity contribution >= 4 is 56.3 Å². The van der Waals surface area contributed by atoms with Crippen LogP contribution in [0.1, 0.15) is 57.3 Å². The highest BCUT2D eigenvalue weighted by Crippen LogP contribution is 2.40. The van der Waals surface area contributed by atoms with E-state index in [4.69, 9.17) is 28.4 Å². The number of H-pyrrole nitrogens is 1. The fraction of sp³-hybridized carbons (Fsp3) is 0.458. The smallest absolute Gasteiger partial charge is 0.411 e. The molecule has 2 aliphatic heterocycles. The van der Waals surface area contributed by atoms with E-state index in [1.54, 1.807) is 50.4 Å². The fourth-order valence-corrected chi connectivity index (χ4v) is 9.23. The molecule has 2 aliphatic carbocycles. The second-order valence-electron chi connectivity index (χ2n) is 16.4. The van der Waals surface area contributed by atoms with Gasteiger partial charge in [-0.2, -0.15) is 0 Å². The number of hydrogen-bond acceptors (Lipinski definition) is 14. The normalized spacial score (nSPS) is 29.4. The summed E-state index contributed by atoms with van der Waals surface area (Å²) in [5.74, 6) is 9.60. The maximum atomic E-state index is 14.8. The molecule has 64 heavy (non-hydrogen) atoms. The number of rotatable bonds is 12. The minimum Gasteiger partial charge on any atom is -0.508 e. The molecule has 0 radical (unpaired) electrons. The van der Waals surface area contributed by atoms with Crippen molar-refractivity contribution in [1.82, 2.24) is 15.6 Å². The number of carbonyl (C=O) groups excluding carboxylic acids is 4. The largest absolute Gasteiger partial charge is 0.508 e. The van der Waals surface area contributed by atoms with E-state index in [1.165, 1.54) is 19.1 Å². The number of aliphatic hydroxyl groups is 1. The molecule has 7 rings (SSSR count). The Balaban J connectivity index is 1.28. The maximum Gasteiger partial charge on any atom is 0.411 e. The van der Waals surface area contributed by atoms with Crippen LogP contribution in [0.5, 0.6) is 5.75 Å². The van der Waals surface area contributed by atoms with E-state index in [9.17, 15) is 29.4 Å². The summed E-state index contributed by atoms with van der Waals surface area (Å²) in [4.78, 5) is 56.7. The minimum absolute atomic E-state index is 0.103. The second-order valence-corrected chi connectivity index (χ2v) is 17.6. The van der Waals surface area contributed by atoms with Crippen LogP contribution in [0.25, 0.3) is 21.8 Å². The van der Waals surface area contributed by atoms with Crippen LogP contribution in [0.4, 0.5) is 4.79 Å². The van der Waals surface area contributed by atoms with Gasteiger partial charge < -0.3 is 48.9 Å². The van der Waals surface area contributed by atoms with Crippen LogP contribution in [0.3, 0.4) is 0 Å². The van der Waals surface area contributed by atoms with Gasteiger partial charge in [-0.3, -0.25) is 19.7 Å². The molecule has 8 unspecified atom stereocenters. The Morgan fingerprint density at radius 2 is 1.86 bits per heavy atom. The number of hydrogen-bond donors (Lipinski definition) is 5. The van der Waals surface area contributed by atoms with Crippen molar-refractivity contribution in [3.63, 3.8) is 0 Å². The first kappa shape index (κ1) is 46.7. The molecular formula is C48H53N3O12S. The number of aromatic hydroxyl groups is 1. The number of phenolic OH excluding ortho intramolecular Hbond substituents is 1. The number of thioether (sulfide) groups is 1. The monoisotopic (exact) mass is 895 g/mol. The number of para-hydroxylation sites is 1. The van der Waals surface area contributed by atoms with E-state index in [2.05, 4.69) is 39.3 Å². The lowest BCUT2D eigenvalue weighted by Gasteiger charge is -2.44. The Morgan fingerprint density at radius 3 is 2.61 bits per heavy atom. The summed E-state index contributed by atoms with van der Waals surface area (Å²) in [5, 5.41) is 29.3. The van der Waals surface area contributed by atoms with Gasteiger partial charge in [0.05, 0.1) is 61.1 Å². The summed E-state index contributed by atoms with van der Waals surface area (Å²) >= 11 is 1.01. The number of nitrogens with one attached hydrogen (secondary N) is 3. The van der Waals surface area contributed by atoms with Crippen molar-refractivity contribution in [2.45, 2.75) is 102 Å². The van der Waals surface area contributed by atoms with Gasteiger partial charge in [0.2, 0.25) is 0 Å². The number of ether oxygens (including phenoxy) is 6. The summed E-state index contributed by atoms with van der Waals surface area (Å²) in [6, 6.07) is 10.5. The molecule has 338 valence electrons. The van der Waals surface area contributed by atoms with Gasteiger partial charge in [-0.1, -0.05) is 67.5 Å². The van der Waals surface area contributed by atoms with Gasteiger partial charge in [-0.25, -0.2) is 4.79 Å². The number of amides is 1. The van der Waals surface area contributed by atoms with Crippen LogP contribution in [-0.4, -0.2) is 120 Å². The lowest BCUT2D eigenvalue weighted by molar-refractivity contribution is -0.308.